The molecule has 5 aliphatic rings. The molecule has 0 bridgehead atoms. The average molecular weight is 489 g/mol. The van der Waals surface area contributed by atoms with Crippen LogP contribution in [0, 0.1) is 40.4 Å². The molecule has 5 rings (SSSR count). The zero-order chi connectivity index (χ0) is 25.0. The molecule has 1 aliphatic heterocycles. The maximum atomic E-state index is 13.6. The van der Waals surface area contributed by atoms with Gasteiger partial charge in [-0.15, -0.1) is 0 Å². The first-order chi connectivity index (χ1) is 16.6. The van der Waals surface area contributed by atoms with E-state index in [1.807, 2.05) is 11.8 Å². The van der Waals surface area contributed by atoms with E-state index in [1.54, 1.807) is 6.92 Å². The highest BCUT2D eigenvalue weighted by atomic mass is 16.3. The second-order valence-corrected chi connectivity index (χ2v) is 13.5. The third kappa shape index (κ3) is 4.40. The number of Topliss-reactive ketones (excluding diaryl/α,β-unsaturated/α-hetero) is 1. The Labute approximate surface area is 211 Å². The molecule has 0 aromatic carbocycles. The normalized spacial score (nSPS) is 46.0. The number of carbonyl (C=O) groups is 2. The van der Waals surface area contributed by atoms with E-state index < -0.39 is 5.60 Å². The summed E-state index contributed by atoms with van der Waals surface area (Å²) in [5.74, 6) is 3.16. The van der Waals surface area contributed by atoms with Gasteiger partial charge in [0.15, 0.2) is 0 Å². The monoisotopic (exact) mass is 488 g/mol. The van der Waals surface area contributed by atoms with Gasteiger partial charge in [-0.2, -0.15) is 0 Å². The number of hydrogen-bond acceptors (Lipinski definition) is 5. The summed E-state index contributed by atoms with van der Waals surface area (Å²) >= 11 is 0. The number of nitrogens with zero attached hydrogens (tertiary/aromatic N) is 2. The fourth-order valence-electron chi connectivity index (χ4n) is 10.0. The lowest BCUT2D eigenvalue weighted by Gasteiger charge is -2.63. The first-order valence-corrected chi connectivity index (χ1v) is 14.4. The summed E-state index contributed by atoms with van der Waals surface area (Å²) in [5.41, 5.74) is -0.271. The molecule has 0 spiro atoms. The summed E-state index contributed by atoms with van der Waals surface area (Å²) in [6.45, 7) is 9.93. The topological polar surface area (TPSA) is 81.1 Å². The van der Waals surface area contributed by atoms with Gasteiger partial charge in [-0.05, 0) is 106 Å². The lowest BCUT2D eigenvalue weighted by atomic mass is 9.42. The van der Waals surface area contributed by atoms with Crippen molar-refractivity contribution in [2.24, 2.45) is 40.4 Å². The van der Waals surface area contributed by atoms with Crippen molar-refractivity contribution >= 4 is 11.7 Å². The smallest absolute Gasteiger partial charge is 0.219 e. The molecule has 0 aromatic rings. The molecule has 1 amide bonds. The highest BCUT2D eigenvalue weighted by Crippen LogP contribution is 2.69. The number of aliphatic hydroxyl groups excluding tert-OH is 1. The van der Waals surface area contributed by atoms with Gasteiger partial charge < -0.3 is 15.1 Å². The zero-order valence-corrected chi connectivity index (χ0v) is 22.3. The van der Waals surface area contributed by atoms with Crippen LogP contribution in [-0.4, -0.2) is 76.6 Å². The fraction of sp³-hybridized carbons (Fsp3) is 0.931. The van der Waals surface area contributed by atoms with Crippen molar-refractivity contribution in [2.45, 2.75) is 90.6 Å². The first kappa shape index (κ1) is 25.7. The maximum absolute atomic E-state index is 13.6. The average Bonchev–Trinajstić information content (AvgIpc) is 3.17. The Hall–Kier alpha value is -0.980. The van der Waals surface area contributed by atoms with Gasteiger partial charge in [-0.25, -0.2) is 0 Å². The number of carbonyl (C=O) groups excluding carboxylic acids is 2. The molecular formula is C29H48N2O4. The molecular weight excluding hydrogens is 440 g/mol. The molecule has 5 fully saturated rings. The predicted octanol–water partition coefficient (Wildman–Crippen LogP) is 3.49. The molecule has 198 valence electrons. The summed E-state index contributed by atoms with van der Waals surface area (Å²) in [7, 11) is 0. The van der Waals surface area contributed by atoms with Crippen LogP contribution in [0.1, 0.15) is 85.0 Å². The Kier molecular flexibility index (Phi) is 6.89. The van der Waals surface area contributed by atoms with E-state index in [-0.39, 0.29) is 29.3 Å². The number of hydrogen-bond donors (Lipinski definition) is 2. The van der Waals surface area contributed by atoms with E-state index in [0.29, 0.717) is 36.0 Å². The molecule has 4 saturated carbocycles. The van der Waals surface area contributed by atoms with Crippen LogP contribution in [0.15, 0.2) is 0 Å². The van der Waals surface area contributed by atoms with Crippen LogP contribution in [0.4, 0.5) is 0 Å². The SMILES string of the molecule is CC(=O)N1CCN(CC(=O)[C@H]2CC[C@H]3[C@@H]4CC[C@H]5C[C@](C)(O)CC[C@]5(CCO)[C@H]4CC[C@]23C)CC1. The van der Waals surface area contributed by atoms with Crippen LogP contribution in [0.5, 0.6) is 0 Å². The molecule has 8 atom stereocenters. The van der Waals surface area contributed by atoms with Crippen molar-refractivity contribution in [3.8, 4) is 0 Å². The lowest BCUT2D eigenvalue weighted by Crippen LogP contribution is -2.57. The Balaban J connectivity index is 1.28. The third-order valence-corrected chi connectivity index (χ3v) is 11.8. The van der Waals surface area contributed by atoms with Crippen LogP contribution in [0.25, 0.3) is 0 Å². The lowest BCUT2D eigenvalue weighted by molar-refractivity contribution is -0.163. The molecule has 6 nitrogen and oxygen atoms in total. The van der Waals surface area contributed by atoms with Crippen molar-refractivity contribution < 1.29 is 19.8 Å². The number of fused-ring (bicyclic) bond motifs is 5. The van der Waals surface area contributed by atoms with E-state index in [4.69, 9.17) is 0 Å². The van der Waals surface area contributed by atoms with Crippen molar-refractivity contribution in [3.63, 3.8) is 0 Å². The Morgan fingerprint density at radius 1 is 0.914 bits per heavy atom. The van der Waals surface area contributed by atoms with E-state index in [9.17, 15) is 19.8 Å². The van der Waals surface area contributed by atoms with Crippen molar-refractivity contribution in [3.05, 3.63) is 0 Å². The van der Waals surface area contributed by atoms with Gasteiger partial charge in [0.1, 0.15) is 5.78 Å². The molecule has 35 heavy (non-hydrogen) atoms. The van der Waals surface area contributed by atoms with Crippen molar-refractivity contribution in [1.29, 1.82) is 0 Å². The van der Waals surface area contributed by atoms with Gasteiger partial charge in [0.25, 0.3) is 0 Å². The van der Waals surface area contributed by atoms with Crippen LogP contribution in [-0.2, 0) is 9.59 Å². The standard InChI is InChI=1S/C29H48N2O4/c1-20(33)31-15-13-30(14-16-31)19-26(34)25-7-6-23-22-5-4-21-18-27(2,35)10-11-29(21,12-17-32)24(22)8-9-28(23,25)3/h21-25,32,35H,4-19H2,1-3H3/t21-,22-,23-,24-,25+,27+,28-,29+/m0/s1. The van der Waals surface area contributed by atoms with E-state index >= 15 is 0 Å². The number of rotatable bonds is 5. The Morgan fingerprint density at radius 2 is 1.66 bits per heavy atom. The summed E-state index contributed by atoms with van der Waals surface area (Å²) in [6, 6.07) is 0. The first-order valence-electron chi connectivity index (χ1n) is 14.4. The van der Waals surface area contributed by atoms with Gasteiger partial charge in [-0.3, -0.25) is 14.5 Å². The van der Waals surface area contributed by atoms with Gasteiger partial charge in [-0.1, -0.05) is 6.92 Å². The Morgan fingerprint density at radius 3 is 2.34 bits per heavy atom. The number of piperazine rings is 1. The second kappa shape index (κ2) is 9.40. The van der Waals surface area contributed by atoms with Crippen molar-refractivity contribution in [1.82, 2.24) is 9.80 Å². The van der Waals surface area contributed by atoms with Gasteiger partial charge in [0, 0.05) is 45.6 Å². The molecule has 0 aromatic heterocycles. The molecule has 1 heterocycles. The predicted molar refractivity (Wildman–Crippen MR) is 136 cm³/mol. The van der Waals surface area contributed by atoms with Crippen LogP contribution < -0.4 is 0 Å². The van der Waals surface area contributed by atoms with Crippen LogP contribution >= 0.6 is 0 Å². The number of ketones is 1. The van der Waals surface area contributed by atoms with Crippen LogP contribution in [0.3, 0.4) is 0 Å². The minimum Gasteiger partial charge on any atom is -0.396 e. The third-order valence-electron chi connectivity index (χ3n) is 11.8. The molecule has 2 N–H and O–H groups in total. The minimum absolute atomic E-state index is 0.104. The zero-order valence-electron chi connectivity index (χ0n) is 22.3. The summed E-state index contributed by atoms with van der Waals surface area (Å²) in [4.78, 5) is 29.4. The van der Waals surface area contributed by atoms with Crippen LogP contribution in [0.2, 0.25) is 0 Å². The fourth-order valence-corrected chi connectivity index (χ4v) is 10.0. The highest BCUT2D eigenvalue weighted by molar-refractivity contribution is 5.84. The van der Waals surface area contributed by atoms with E-state index in [0.717, 1.165) is 64.7 Å². The molecule has 1 saturated heterocycles. The number of amides is 1. The van der Waals surface area contributed by atoms with Gasteiger partial charge in [0.05, 0.1) is 12.1 Å². The van der Waals surface area contributed by atoms with Crippen molar-refractivity contribution in [2.75, 3.05) is 39.3 Å². The van der Waals surface area contributed by atoms with E-state index in [1.165, 1.54) is 25.7 Å². The molecule has 0 unspecified atom stereocenters. The molecule has 0 radical (unpaired) electrons. The van der Waals surface area contributed by atoms with Gasteiger partial charge >= 0.3 is 0 Å². The van der Waals surface area contributed by atoms with E-state index in [2.05, 4.69) is 11.8 Å². The summed E-state index contributed by atoms with van der Waals surface area (Å²) in [5, 5.41) is 20.9. The second-order valence-electron chi connectivity index (χ2n) is 13.5. The largest absolute Gasteiger partial charge is 0.396 e. The minimum atomic E-state index is -0.555. The Bertz CT molecular complexity index is 821. The summed E-state index contributed by atoms with van der Waals surface area (Å²) < 4.78 is 0. The highest BCUT2D eigenvalue weighted by Gasteiger charge is 2.62. The quantitative estimate of drug-likeness (QED) is 0.619. The summed E-state index contributed by atoms with van der Waals surface area (Å²) in [6.07, 6.45) is 10.6. The number of aliphatic hydroxyl groups is 2. The van der Waals surface area contributed by atoms with Gasteiger partial charge in [0.2, 0.25) is 5.91 Å². The molecule has 4 aliphatic carbocycles. The molecule has 6 heteroatoms. The maximum Gasteiger partial charge on any atom is 0.219 e.